The van der Waals surface area contributed by atoms with E-state index in [4.69, 9.17) is 10.5 Å². The second kappa shape index (κ2) is 6.94. The molecule has 0 amide bonds. The summed E-state index contributed by atoms with van der Waals surface area (Å²) in [5.41, 5.74) is 7.04. The number of aliphatic hydroxyl groups excluding tert-OH is 1. The van der Waals surface area contributed by atoms with Crippen LogP contribution in [-0.2, 0) is 0 Å². The minimum atomic E-state index is -0.434. The van der Waals surface area contributed by atoms with E-state index in [0.717, 1.165) is 29.9 Å². The molecule has 1 saturated carbocycles. The summed E-state index contributed by atoms with van der Waals surface area (Å²) in [6.45, 7) is 0. The monoisotopic (exact) mass is 305 g/mol. The van der Waals surface area contributed by atoms with Crippen LogP contribution in [0, 0.1) is 5.92 Å². The van der Waals surface area contributed by atoms with Crippen molar-refractivity contribution in [1.29, 1.82) is 0 Å². The Labute approximate surface area is 131 Å². The van der Waals surface area contributed by atoms with E-state index in [1.165, 1.54) is 0 Å². The van der Waals surface area contributed by atoms with Crippen LogP contribution in [0.3, 0.4) is 0 Å². The van der Waals surface area contributed by atoms with E-state index in [-0.39, 0.29) is 18.4 Å². The highest BCUT2D eigenvalue weighted by Crippen LogP contribution is 2.37. The van der Waals surface area contributed by atoms with Gasteiger partial charge in [0.25, 0.3) is 0 Å². The van der Waals surface area contributed by atoms with Gasteiger partial charge in [0, 0.05) is 0 Å². The molecule has 0 aromatic heterocycles. The number of aliphatic hydroxyl groups is 1. The molecule has 112 valence electrons. The molecule has 0 aliphatic heterocycles. The van der Waals surface area contributed by atoms with E-state index in [1.54, 1.807) is 0 Å². The summed E-state index contributed by atoms with van der Waals surface area (Å²) in [4.78, 5) is 0. The van der Waals surface area contributed by atoms with Gasteiger partial charge in [-0.15, -0.1) is 12.4 Å². The Morgan fingerprint density at radius 3 is 2.10 bits per heavy atom. The van der Waals surface area contributed by atoms with Gasteiger partial charge in [-0.25, -0.2) is 0 Å². The quantitative estimate of drug-likeness (QED) is 0.886. The maximum absolute atomic E-state index is 10.1. The summed E-state index contributed by atoms with van der Waals surface area (Å²) in [6.07, 6.45) is 1.74. The molecule has 0 saturated heterocycles. The van der Waals surface area contributed by atoms with Crippen molar-refractivity contribution >= 4 is 12.4 Å². The first-order valence-corrected chi connectivity index (χ1v) is 7.00. The van der Waals surface area contributed by atoms with Crippen LogP contribution in [0.1, 0.15) is 24.4 Å². The van der Waals surface area contributed by atoms with E-state index in [2.05, 4.69) is 0 Å². The Balaban J connectivity index is 0.00000161. The number of rotatable bonds is 5. The molecule has 0 unspecified atom stereocenters. The summed E-state index contributed by atoms with van der Waals surface area (Å²) in [5.74, 6) is 1.96. The fourth-order valence-corrected chi connectivity index (χ4v) is 2.31. The topological polar surface area (TPSA) is 55.5 Å². The number of para-hydroxylation sites is 1. The van der Waals surface area contributed by atoms with Gasteiger partial charge in [-0.1, -0.05) is 30.3 Å². The van der Waals surface area contributed by atoms with Crippen molar-refractivity contribution in [1.82, 2.24) is 0 Å². The molecule has 0 radical (unpaired) electrons. The summed E-state index contributed by atoms with van der Waals surface area (Å²) in [6, 6.07) is 17.0. The second-order valence-electron chi connectivity index (χ2n) is 5.34. The second-order valence-corrected chi connectivity index (χ2v) is 5.34. The van der Waals surface area contributed by atoms with Crippen molar-refractivity contribution in [3.8, 4) is 11.5 Å². The van der Waals surface area contributed by atoms with Crippen LogP contribution in [0.4, 0.5) is 0 Å². The Hall–Kier alpha value is -1.55. The molecule has 0 heterocycles. The molecule has 3 nitrogen and oxygen atoms in total. The van der Waals surface area contributed by atoms with Crippen molar-refractivity contribution < 1.29 is 9.84 Å². The number of benzene rings is 2. The smallest absolute Gasteiger partial charge is 0.127 e. The van der Waals surface area contributed by atoms with Crippen LogP contribution < -0.4 is 10.5 Å². The normalized spacial score (nSPS) is 16.7. The highest BCUT2D eigenvalue weighted by Gasteiger charge is 2.34. The molecule has 1 aliphatic carbocycles. The maximum Gasteiger partial charge on any atom is 0.127 e. The van der Waals surface area contributed by atoms with Crippen LogP contribution in [-0.4, -0.2) is 11.2 Å². The SMILES string of the molecule is Cl.N[C@@H](c1ccc(Oc2ccccc2)cc1)[C@H](O)C1CC1. The zero-order chi connectivity index (χ0) is 13.9. The molecule has 0 bridgehead atoms. The molecule has 2 aromatic carbocycles. The van der Waals surface area contributed by atoms with E-state index >= 15 is 0 Å². The van der Waals surface area contributed by atoms with Gasteiger partial charge in [0.1, 0.15) is 11.5 Å². The molecule has 3 N–H and O–H groups in total. The first-order valence-electron chi connectivity index (χ1n) is 7.00. The van der Waals surface area contributed by atoms with E-state index in [9.17, 15) is 5.11 Å². The van der Waals surface area contributed by atoms with Crippen molar-refractivity contribution in [3.63, 3.8) is 0 Å². The summed E-state index contributed by atoms with van der Waals surface area (Å²) in [5, 5.41) is 10.1. The lowest BCUT2D eigenvalue weighted by molar-refractivity contribution is 0.122. The van der Waals surface area contributed by atoms with Gasteiger partial charge in [-0.3, -0.25) is 0 Å². The van der Waals surface area contributed by atoms with Gasteiger partial charge >= 0.3 is 0 Å². The number of hydrogen-bond acceptors (Lipinski definition) is 3. The van der Waals surface area contributed by atoms with Gasteiger partial charge < -0.3 is 15.6 Å². The zero-order valence-corrected chi connectivity index (χ0v) is 12.5. The minimum Gasteiger partial charge on any atom is -0.457 e. The first kappa shape index (κ1) is 15.8. The zero-order valence-electron chi connectivity index (χ0n) is 11.7. The van der Waals surface area contributed by atoms with Gasteiger partial charge in [0.2, 0.25) is 0 Å². The average molecular weight is 306 g/mol. The van der Waals surface area contributed by atoms with Crippen LogP contribution in [0.15, 0.2) is 54.6 Å². The Bertz CT molecular complexity index is 555. The third-order valence-electron chi connectivity index (χ3n) is 3.72. The maximum atomic E-state index is 10.1. The number of hydrogen-bond donors (Lipinski definition) is 2. The fraction of sp³-hybridized carbons (Fsp3) is 0.294. The Kier molecular flexibility index (Phi) is 5.23. The van der Waals surface area contributed by atoms with Crippen LogP contribution in [0.5, 0.6) is 11.5 Å². The molecule has 4 heteroatoms. The highest BCUT2D eigenvalue weighted by atomic mass is 35.5. The first-order chi connectivity index (χ1) is 9.74. The fourth-order valence-electron chi connectivity index (χ4n) is 2.31. The molecule has 2 aromatic rings. The lowest BCUT2D eigenvalue weighted by atomic mass is 9.99. The summed E-state index contributed by atoms with van der Waals surface area (Å²) in [7, 11) is 0. The van der Waals surface area contributed by atoms with E-state index in [0.29, 0.717) is 5.92 Å². The minimum absolute atomic E-state index is 0. The lowest BCUT2D eigenvalue weighted by Crippen LogP contribution is -2.27. The predicted octanol–water partition coefficient (Wildman–Crippen LogP) is 3.67. The van der Waals surface area contributed by atoms with E-state index in [1.807, 2.05) is 54.6 Å². The van der Waals surface area contributed by atoms with Crippen LogP contribution >= 0.6 is 12.4 Å². The highest BCUT2D eigenvalue weighted by molar-refractivity contribution is 5.85. The molecule has 1 fully saturated rings. The standard InChI is InChI=1S/C17H19NO2.ClH/c18-16(17(19)13-6-7-13)12-8-10-15(11-9-12)20-14-4-2-1-3-5-14;/h1-5,8-11,13,16-17,19H,6-7,18H2;1H/t16-,17+;/m0./s1. The molecule has 2 atom stereocenters. The van der Waals surface area contributed by atoms with Gasteiger partial charge in [-0.05, 0) is 48.6 Å². The molecule has 0 spiro atoms. The van der Waals surface area contributed by atoms with Gasteiger partial charge in [-0.2, -0.15) is 0 Å². The Morgan fingerprint density at radius 1 is 0.952 bits per heavy atom. The molecular weight excluding hydrogens is 286 g/mol. The van der Waals surface area contributed by atoms with Gasteiger partial charge in [0.05, 0.1) is 12.1 Å². The predicted molar refractivity (Wildman–Crippen MR) is 85.9 cm³/mol. The third kappa shape index (κ3) is 3.97. The van der Waals surface area contributed by atoms with Crippen molar-refractivity contribution in [2.75, 3.05) is 0 Å². The Morgan fingerprint density at radius 2 is 1.52 bits per heavy atom. The number of halogens is 1. The molecular formula is C17H20ClNO2. The van der Waals surface area contributed by atoms with Crippen molar-refractivity contribution in [2.45, 2.75) is 25.0 Å². The summed E-state index contributed by atoms with van der Waals surface area (Å²) >= 11 is 0. The van der Waals surface area contributed by atoms with Crippen LogP contribution in [0.25, 0.3) is 0 Å². The summed E-state index contributed by atoms with van der Waals surface area (Å²) < 4.78 is 5.73. The number of nitrogens with two attached hydrogens (primary N) is 1. The van der Waals surface area contributed by atoms with Crippen molar-refractivity contribution in [3.05, 3.63) is 60.2 Å². The molecule has 3 rings (SSSR count). The molecule has 1 aliphatic rings. The third-order valence-corrected chi connectivity index (χ3v) is 3.72. The van der Waals surface area contributed by atoms with E-state index < -0.39 is 6.10 Å². The average Bonchev–Trinajstić information content (AvgIpc) is 3.32. The van der Waals surface area contributed by atoms with Crippen molar-refractivity contribution in [2.24, 2.45) is 11.7 Å². The van der Waals surface area contributed by atoms with Gasteiger partial charge in [0.15, 0.2) is 0 Å². The lowest BCUT2D eigenvalue weighted by Gasteiger charge is -2.19. The van der Waals surface area contributed by atoms with Crippen LogP contribution in [0.2, 0.25) is 0 Å². The largest absolute Gasteiger partial charge is 0.457 e. The molecule has 21 heavy (non-hydrogen) atoms. The number of ether oxygens (including phenoxy) is 1.